The van der Waals surface area contributed by atoms with Gasteiger partial charge in [0.15, 0.2) is 0 Å². The molecule has 0 unspecified atom stereocenters. The molecule has 0 aliphatic rings. The quantitative estimate of drug-likeness (QED) is 0.389. The first-order chi connectivity index (χ1) is 8.72. The second kappa shape index (κ2) is 8.19. The van der Waals surface area contributed by atoms with Crippen molar-refractivity contribution in [3.05, 3.63) is 24.5 Å². The topological polar surface area (TPSA) is 91.3 Å². The third kappa shape index (κ3) is 5.95. The number of aromatic nitrogens is 1. The summed E-state index contributed by atoms with van der Waals surface area (Å²) in [6, 6.07) is 3.53. The van der Waals surface area contributed by atoms with Crippen LogP contribution in [0.15, 0.2) is 24.5 Å². The summed E-state index contributed by atoms with van der Waals surface area (Å²) >= 11 is 0. The number of carbonyl (C=O) groups excluding carboxylic acids is 2. The van der Waals surface area contributed by atoms with Crippen molar-refractivity contribution in [2.45, 2.75) is 32.1 Å². The average molecular weight is 251 g/mol. The number of hydrogen-bond donors (Lipinski definition) is 3. The van der Waals surface area contributed by atoms with Gasteiger partial charge in [0.25, 0.3) is 0 Å². The van der Waals surface area contributed by atoms with Crippen molar-refractivity contribution in [2.24, 2.45) is 0 Å². The maximum Gasteiger partial charge on any atom is 0.243 e. The molecule has 3 N–H and O–H groups in total. The molecule has 18 heavy (non-hydrogen) atoms. The Bertz CT molecular complexity index is 381. The SMILES string of the molecule is O=C(CCCCCC(=O)Nc1cccnc1)NO. The Hall–Kier alpha value is -1.95. The summed E-state index contributed by atoms with van der Waals surface area (Å²) in [5.74, 6) is -0.454. The van der Waals surface area contributed by atoms with Crippen LogP contribution in [-0.4, -0.2) is 22.0 Å². The number of hydroxylamine groups is 1. The van der Waals surface area contributed by atoms with Crippen LogP contribution in [0.1, 0.15) is 32.1 Å². The molecular formula is C12H17N3O3. The standard InChI is InChI=1S/C12H17N3O3/c16-11(14-10-5-4-8-13-9-10)6-2-1-3-7-12(17)15-18/h4-5,8-9,18H,1-3,6-7H2,(H,14,16)(H,15,17). The van der Waals surface area contributed by atoms with Crippen molar-refractivity contribution in [1.82, 2.24) is 10.5 Å². The van der Waals surface area contributed by atoms with Gasteiger partial charge in [-0.15, -0.1) is 0 Å². The Labute approximate surface area is 105 Å². The molecule has 0 aliphatic carbocycles. The van der Waals surface area contributed by atoms with Crippen LogP contribution in [0.5, 0.6) is 0 Å². The minimum atomic E-state index is -0.394. The zero-order chi connectivity index (χ0) is 13.2. The minimum absolute atomic E-state index is 0.0605. The molecule has 1 heterocycles. The Morgan fingerprint density at radius 1 is 1.17 bits per heavy atom. The molecule has 1 aromatic heterocycles. The number of amides is 2. The van der Waals surface area contributed by atoms with E-state index in [1.807, 2.05) is 0 Å². The van der Waals surface area contributed by atoms with E-state index in [1.54, 1.807) is 30.0 Å². The maximum absolute atomic E-state index is 11.5. The molecule has 0 saturated carbocycles. The lowest BCUT2D eigenvalue weighted by atomic mass is 10.1. The second-order valence-electron chi connectivity index (χ2n) is 3.89. The predicted octanol–water partition coefficient (Wildman–Crippen LogP) is 1.48. The van der Waals surface area contributed by atoms with Crippen LogP contribution in [-0.2, 0) is 9.59 Å². The monoisotopic (exact) mass is 251 g/mol. The molecule has 0 atom stereocenters. The van der Waals surface area contributed by atoms with Gasteiger partial charge in [0, 0.05) is 19.0 Å². The van der Waals surface area contributed by atoms with Crippen molar-refractivity contribution >= 4 is 17.5 Å². The minimum Gasteiger partial charge on any atom is -0.325 e. The number of hydrogen-bond acceptors (Lipinski definition) is 4. The summed E-state index contributed by atoms with van der Waals surface area (Å²) in [5, 5.41) is 11.0. The Balaban J connectivity index is 2.09. The van der Waals surface area contributed by atoms with Gasteiger partial charge in [-0.3, -0.25) is 19.8 Å². The molecule has 0 fully saturated rings. The van der Waals surface area contributed by atoms with Crippen molar-refractivity contribution in [2.75, 3.05) is 5.32 Å². The molecule has 1 aromatic rings. The molecule has 0 bridgehead atoms. The van der Waals surface area contributed by atoms with Crippen molar-refractivity contribution < 1.29 is 14.8 Å². The molecule has 0 aromatic carbocycles. The normalized spacial score (nSPS) is 9.83. The fraction of sp³-hybridized carbons (Fsp3) is 0.417. The number of nitrogens with one attached hydrogen (secondary N) is 2. The summed E-state index contributed by atoms with van der Waals surface area (Å²) in [5.41, 5.74) is 2.25. The summed E-state index contributed by atoms with van der Waals surface area (Å²) in [7, 11) is 0. The van der Waals surface area contributed by atoms with E-state index in [-0.39, 0.29) is 12.3 Å². The van der Waals surface area contributed by atoms with Gasteiger partial charge in [-0.2, -0.15) is 0 Å². The lowest BCUT2D eigenvalue weighted by molar-refractivity contribution is -0.129. The van der Waals surface area contributed by atoms with Crippen LogP contribution < -0.4 is 10.8 Å². The van der Waals surface area contributed by atoms with E-state index in [4.69, 9.17) is 5.21 Å². The first-order valence-electron chi connectivity index (χ1n) is 5.85. The van der Waals surface area contributed by atoms with E-state index >= 15 is 0 Å². The summed E-state index contributed by atoms with van der Waals surface area (Å²) < 4.78 is 0. The third-order valence-corrected chi connectivity index (χ3v) is 2.38. The van der Waals surface area contributed by atoms with Gasteiger partial charge in [-0.05, 0) is 25.0 Å². The first kappa shape index (κ1) is 14.1. The molecule has 0 aliphatic heterocycles. The Morgan fingerprint density at radius 2 is 1.89 bits per heavy atom. The van der Waals surface area contributed by atoms with Gasteiger partial charge in [0.2, 0.25) is 11.8 Å². The molecule has 6 nitrogen and oxygen atoms in total. The van der Waals surface area contributed by atoms with Gasteiger partial charge in [0.1, 0.15) is 0 Å². The highest BCUT2D eigenvalue weighted by Gasteiger charge is 2.03. The molecule has 6 heteroatoms. The number of carbonyl (C=O) groups is 2. The summed E-state index contributed by atoms with van der Waals surface area (Å²) in [6.45, 7) is 0. The molecular weight excluding hydrogens is 234 g/mol. The van der Waals surface area contributed by atoms with E-state index in [0.717, 1.165) is 6.42 Å². The highest BCUT2D eigenvalue weighted by atomic mass is 16.5. The summed E-state index contributed by atoms with van der Waals surface area (Å²) in [6.07, 6.45) is 6.06. The van der Waals surface area contributed by atoms with E-state index in [1.165, 1.54) is 0 Å². The zero-order valence-corrected chi connectivity index (χ0v) is 10.1. The van der Waals surface area contributed by atoms with Crippen LogP contribution in [0, 0.1) is 0 Å². The van der Waals surface area contributed by atoms with Gasteiger partial charge in [0.05, 0.1) is 11.9 Å². The average Bonchev–Trinajstić information content (AvgIpc) is 2.39. The van der Waals surface area contributed by atoms with Crippen LogP contribution >= 0.6 is 0 Å². The van der Waals surface area contributed by atoms with Crippen LogP contribution in [0.2, 0.25) is 0 Å². The molecule has 1 rings (SSSR count). The Kier molecular flexibility index (Phi) is 6.42. The number of nitrogens with zero attached hydrogens (tertiary/aromatic N) is 1. The van der Waals surface area contributed by atoms with Gasteiger partial charge >= 0.3 is 0 Å². The van der Waals surface area contributed by atoms with Crippen LogP contribution in [0.3, 0.4) is 0 Å². The third-order valence-electron chi connectivity index (χ3n) is 2.38. The van der Waals surface area contributed by atoms with Crippen molar-refractivity contribution in [1.29, 1.82) is 0 Å². The molecule has 0 spiro atoms. The van der Waals surface area contributed by atoms with Crippen LogP contribution in [0.25, 0.3) is 0 Å². The number of rotatable bonds is 7. The molecule has 0 saturated heterocycles. The lowest BCUT2D eigenvalue weighted by Crippen LogP contribution is -2.17. The van der Waals surface area contributed by atoms with Gasteiger partial charge in [-0.25, -0.2) is 5.48 Å². The lowest BCUT2D eigenvalue weighted by Gasteiger charge is -2.04. The number of anilines is 1. The highest BCUT2D eigenvalue weighted by Crippen LogP contribution is 2.07. The Morgan fingerprint density at radius 3 is 2.50 bits per heavy atom. The van der Waals surface area contributed by atoms with Gasteiger partial charge < -0.3 is 5.32 Å². The summed E-state index contributed by atoms with van der Waals surface area (Å²) in [4.78, 5) is 26.1. The highest BCUT2D eigenvalue weighted by molar-refractivity contribution is 5.90. The number of pyridine rings is 1. The fourth-order valence-electron chi connectivity index (χ4n) is 1.46. The largest absolute Gasteiger partial charge is 0.325 e. The van der Waals surface area contributed by atoms with Crippen LogP contribution in [0.4, 0.5) is 5.69 Å². The fourth-order valence-corrected chi connectivity index (χ4v) is 1.46. The van der Waals surface area contributed by atoms with E-state index < -0.39 is 5.91 Å². The molecule has 98 valence electrons. The van der Waals surface area contributed by atoms with E-state index in [9.17, 15) is 9.59 Å². The second-order valence-corrected chi connectivity index (χ2v) is 3.89. The number of unbranched alkanes of at least 4 members (excludes halogenated alkanes) is 2. The zero-order valence-electron chi connectivity index (χ0n) is 10.1. The molecule has 0 radical (unpaired) electrons. The van der Waals surface area contributed by atoms with Crippen molar-refractivity contribution in [3.63, 3.8) is 0 Å². The van der Waals surface area contributed by atoms with Gasteiger partial charge in [-0.1, -0.05) is 6.42 Å². The predicted molar refractivity (Wildman–Crippen MR) is 65.9 cm³/mol. The first-order valence-corrected chi connectivity index (χ1v) is 5.85. The molecule has 2 amide bonds. The smallest absolute Gasteiger partial charge is 0.243 e. The van der Waals surface area contributed by atoms with E-state index in [0.29, 0.717) is 24.9 Å². The maximum atomic E-state index is 11.5. The van der Waals surface area contributed by atoms with E-state index in [2.05, 4.69) is 10.3 Å². The van der Waals surface area contributed by atoms with Crippen molar-refractivity contribution in [3.8, 4) is 0 Å².